The maximum absolute atomic E-state index is 12.8. The Morgan fingerprint density at radius 2 is 1.59 bits per heavy atom. The van der Waals surface area contributed by atoms with E-state index in [0.29, 0.717) is 12.1 Å². The first-order valence-corrected chi connectivity index (χ1v) is 12.7. The minimum absolute atomic E-state index is 0.0660. The number of carbonyl (C=O) groups is 2. The summed E-state index contributed by atoms with van der Waals surface area (Å²) in [4.78, 5) is 27.6. The molecule has 8 heteroatoms. The molecule has 1 saturated carbocycles. The van der Waals surface area contributed by atoms with Gasteiger partial charge in [-0.05, 0) is 42.9 Å². The van der Waals surface area contributed by atoms with Gasteiger partial charge in [-0.3, -0.25) is 9.59 Å². The number of nitrogens with zero attached hydrogens (tertiary/aromatic N) is 1. The van der Waals surface area contributed by atoms with Crippen LogP contribution < -0.4 is 10.5 Å². The minimum atomic E-state index is -3.83. The maximum Gasteiger partial charge on any atom is 0.238 e. The molecule has 7 nitrogen and oxygen atoms in total. The number of primary sulfonamides is 1. The molecule has 1 aliphatic carbocycles. The van der Waals surface area contributed by atoms with Gasteiger partial charge in [-0.1, -0.05) is 48.9 Å². The molecule has 2 aliphatic rings. The Balaban J connectivity index is 1.39. The van der Waals surface area contributed by atoms with Crippen LogP contribution in [0.15, 0.2) is 53.4 Å². The number of hydrogen-bond donors (Lipinski definition) is 2. The van der Waals surface area contributed by atoms with Gasteiger partial charge in [0.2, 0.25) is 21.8 Å². The van der Waals surface area contributed by atoms with E-state index < -0.39 is 10.0 Å². The van der Waals surface area contributed by atoms with Crippen LogP contribution in [-0.4, -0.2) is 38.2 Å². The predicted octanol–water partition coefficient (Wildman–Crippen LogP) is 2.66. The van der Waals surface area contributed by atoms with Crippen molar-refractivity contribution in [2.75, 3.05) is 13.1 Å². The smallest absolute Gasteiger partial charge is 0.238 e. The summed E-state index contributed by atoms with van der Waals surface area (Å²) in [5, 5.41) is 8.32. The molecule has 2 aromatic rings. The van der Waals surface area contributed by atoms with Crippen molar-refractivity contribution in [1.82, 2.24) is 10.2 Å². The molecule has 0 radical (unpaired) electrons. The lowest BCUT2D eigenvalue weighted by Gasteiger charge is -2.24. The molecule has 0 bridgehead atoms. The lowest BCUT2D eigenvalue weighted by atomic mass is 9.93. The lowest BCUT2D eigenvalue weighted by molar-refractivity contribution is -0.140. The molecule has 4 rings (SSSR count). The molecule has 0 unspecified atom stereocenters. The van der Waals surface area contributed by atoms with Crippen molar-refractivity contribution in [3.8, 4) is 11.1 Å². The van der Waals surface area contributed by atoms with E-state index in [1.54, 1.807) is 18.2 Å². The van der Waals surface area contributed by atoms with Gasteiger partial charge < -0.3 is 10.2 Å². The Labute approximate surface area is 189 Å². The summed E-state index contributed by atoms with van der Waals surface area (Å²) >= 11 is 0. The SMILES string of the molecule is NS(=O)(=O)c1ccccc1-c1ccc(CNC(=O)[C@@H]2CCC[C@H]2C(=O)N2CCCC2)cc1. The molecule has 32 heavy (non-hydrogen) atoms. The monoisotopic (exact) mass is 455 g/mol. The molecular weight excluding hydrogens is 426 g/mol. The van der Waals surface area contributed by atoms with Gasteiger partial charge in [0.25, 0.3) is 0 Å². The molecule has 3 N–H and O–H groups in total. The van der Waals surface area contributed by atoms with Crippen LogP contribution in [0.3, 0.4) is 0 Å². The molecule has 2 amide bonds. The third-order valence-corrected chi connectivity index (χ3v) is 7.48. The third-order valence-electron chi connectivity index (χ3n) is 6.51. The Morgan fingerprint density at radius 3 is 2.28 bits per heavy atom. The Morgan fingerprint density at radius 1 is 0.938 bits per heavy atom. The Hall–Kier alpha value is -2.71. The van der Waals surface area contributed by atoms with Crippen molar-refractivity contribution in [1.29, 1.82) is 0 Å². The standard InChI is InChI=1S/C24H29N3O4S/c25-32(30,31)22-9-2-1-6-19(22)18-12-10-17(11-13-18)16-26-23(28)20-7-5-8-21(20)24(29)27-14-3-4-15-27/h1-2,6,9-13,20-21H,3-5,7-8,14-16H2,(H,26,28)(H2,25,30,31)/t20-,21-/m1/s1. The van der Waals surface area contributed by atoms with E-state index in [1.165, 1.54) is 6.07 Å². The molecule has 1 saturated heterocycles. The van der Waals surface area contributed by atoms with Crippen molar-refractivity contribution in [2.24, 2.45) is 17.0 Å². The van der Waals surface area contributed by atoms with Gasteiger partial charge in [0.15, 0.2) is 0 Å². The topological polar surface area (TPSA) is 110 Å². The number of benzene rings is 2. The molecule has 1 heterocycles. The van der Waals surface area contributed by atoms with Gasteiger partial charge in [0.05, 0.1) is 4.90 Å². The van der Waals surface area contributed by atoms with E-state index in [1.807, 2.05) is 29.2 Å². The number of nitrogens with one attached hydrogen (secondary N) is 1. The van der Waals surface area contributed by atoms with Crippen LogP contribution in [0, 0.1) is 11.8 Å². The number of rotatable bonds is 6. The molecule has 2 aromatic carbocycles. The third kappa shape index (κ3) is 4.86. The second-order valence-corrected chi connectivity index (χ2v) is 10.2. The summed E-state index contributed by atoms with van der Waals surface area (Å²) in [5.74, 6) is -0.393. The molecule has 1 aliphatic heterocycles. The Kier molecular flexibility index (Phi) is 6.62. The summed E-state index contributed by atoms with van der Waals surface area (Å²) in [5.41, 5.74) is 2.17. The van der Waals surface area contributed by atoms with Crippen LogP contribution >= 0.6 is 0 Å². The lowest BCUT2D eigenvalue weighted by Crippen LogP contribution is -2.40. The zero-order valence-electron chi connectivity index (χ0n) is 18.0. The van der Waals surface area contributed by atoms with Crippen molar-refractivity contribution < 1.29 is 18.0 Å². The average molecular weight is 456 g/mol. The fourth-order valence-electron chi connectivity index (χ4n) is 4.82. The van der Waals surface area contributed by atoms with E-state index >= 15 is 0 Å². The molecule has 170 valence electrons. The first-order chi connectivity index (χ1) is 15.3. The van der Waals surface area contributed by atoms with Crippen molar-refractivity contribution in [3.05, 3.63) is 54.1 Å². The minimum Gasteiger partial charge on any atom is -0.352 e. The number of likely N-dealkylation sites (tertiary alicyclic amines) is 1. The highest BCUT2D eigenvalue weighted by molar-refractivity contribution is 7.89. The number of amides is 2. The zero-order valence-corrected chi connectivity index (χ0v) is 18.8. The quantitative estimate of drug-likeness (QED) is 0.698. The number of sulfonamides is 1. The van der Waals surface area contributed by atoms with Crippen LogP contribution in [0.5, 0.6) is 0 Å². The van der Waals surface area contributed by atoms with E-state index in [4.69, 9.17) is 5.14 Å². The van der Waals surface area contributed by atoms with E-state index in [9.17, 15) is 18.0 Å². The van der Waals surface area contributed by atoms with Crippen molar-refractivity contribution in [3.63, 3.8) is 0 Å². The summed E-state index contributed by atoms with van der Waals surface area (Å²) in [6.45, 7) is 1.98. The molecule has 0 aromatic heterocycles. The Bertz CT molecular complexity index is 1090. The van der Waals surface area contributed by atoms with Gasteiger partial charge in [0, 0.05) is 37.0 Å². The summed E-state index contributed by atoms with van der Waals surface area (Å²) < 4.78 is 23.7. The van der Waals surface area contributed by atoms with Crippen molar-refractivity contribution in [2.45, 2.75) is 43.5 Å². The highest BCUT2D eigenvalue weighted by atomic mass is 32.2. The van der Waals surface area contributed by atoms with Crippen LogP contribution in [-0.2, 0) is 26.2 Å². The second-order valence-electron chi connectivity index (χ2n) is 8.63. The largest absolute Gasteiger partial charge is 0.352 e. The summed E-state index contributed by atoms with van der Waals surface area (Å²) in [6.07, 6.45) is 4.53. The van der Waals surface area contributed by atoms with E-state index in [-0.39, 0.29) is 28.5 Å². The van der Waals surface area contributed by atoms with Crippen LogP contribution in [0.2, 0.25) is 0 Å². The van der Waals surface area contributed by atoms with E-state index in [2.05, 4.69) is 5.32 Å². The van der Waals surface area contributed by atoms with Gasteiger partial charge in [-0.15, -0.1) is 0 Å². The first-order valence-electron chi connectivity index (χ1n) is 11.1. The fraction of sp³-hybridized carbons (Fsp3) is 0.417. The first kappa shape index (κ1) is 22.5. The highest BCUT2D eigenvalue weighted by Crippen LogP contribution is 2.34. The molecule has 2 fully saturated rings. The summed E-state index contributed by atoms with van der Waals surface area (Å²) in [7, 11) is -3.83. The maximum atomic E-state index is 12.8. The van der Waals surface area contributed by atoms with Gasteiger partial charge in [-0.25, -0.2) is 13.6 Å². The van der Waals surface area contributed by atoms with Crippen LogP contribution in [0.1, 0.15) is 37.7 Å². The molecule has 2 atom stereocenters. The van der Waals surface area contributed by atoms with Crippen LogP contribution in [0.4, 0.5) is 0 Å². The van der Waals surface area contributed by atoms with Gasteiger partial charge in [-0.2, -0.15) is 0 Å². The molecule has 0 spiro atoms. The normalized spacial score (nSPS) is 21.0. The van der Waals surface area contributed by atoms with Crippen LogP contribution in [0.25, 0.3) is 11.1 Å². The zero-order chi connectivity index (χ0) is 22.7. The average Bonchev–Trinajstić information content (AvgIpc) is 3.49. The second kappa shape index (κ2) is 9.42. The predicted molar refractivity (Wildman–Crippen MR) is 122 cm³/mol. The highest BCUT2D eigenvalue weighted by Gasteiger charge is 2.39. The molecular formula is C24H29N3O4S. The number of nitrogens with two attached hydrogens (primary N) is 1. The van der Waals surface area contributed by atoms with Gasteiger partial charge in [0.1, 0.15) is 0 Å². The number of hydrogen-bond acceptors (Lipinski definition) is 4. The number of carbonyl (C=O) groups excluding carboxylic acids is 2. The summed E-state index contributed by atoms with van der Waals surface area (Å²) in [6, 6.07) is 14.0. The van der Waals surface area contributed by atoms with E-state index in [0.717, 1.165) is 56.3 Å². The van der Waals surface area contributed by atoms with Crippen molar-refractivity contribution >= 4 is 21.8 Å². The fourth-order valence-corrected chi connectivity index (χ4v) is 5.58. The van der Waals surface area contributed by atoms with Gasteiger partial charge >= 0.3 is 0 Å².